The standard InChI is InChI=1S/C13H11ClN2OS/c1-8(11-2-3-12(14)18-11)16-13-9-5-7-17-10(9)4-6-15-13/h2-8H,1H3,(H,15,16). The zero-order chi connectivity index (χ0) is 12.5. The van der Waals surface area contributed by atoms with Gasteiger partial charge in [-0.15, -0.1) is 11.3 Å². The highest BCUT2D eigenvalue weighted by Gasteiger charge is 2.11. The second-order valence-corrected chi connectivity index (χ2v) is 5.75. The first kappa shape index (κ1) is 11.6. The van der Waals surface area contributed by atoms with Crippen LogP contribution < -0.4 is 5.32 Å². The Balaban J connectivity index is 1.90. The largest absolute Gasteiger partial charge is 0.464 e. The number of nitrogens with one attached hydrogen (secondary N) is 1. The first-order valence-corrected chi connectivity index (χ1v) is 6.77. The van der Waals surface area contributed by atoms with Crippen LogP contribution in [0.2, 0.25) is 4.34 Å². The minimum Gasteiger partial charge on any atom is -0.464 e. The predicted molar refractivity (Wildman–Crippen MR) is 75.4 cm³/mol. The summed E-state index contributed by atoms with van der Waals surface area (Å²) in [6, 6.07) is 7.87. The molecule has 0 bridgehead atoms. The molecule has 92 valence electrons. The van der Waals surface area contributed by atoms with Crippen molar-refractivity contribution >= 4 is 39.7 Å². The zero-order valence-corrected chi connectivity index (χ0v) is 11.3. The highest BCUT2D eigenvalue weighted by molar-refractivity contribution is 7.16. The molecule has 0 aliphatic heterocycles. The SMILES string of the molecule is CC(Nc1nccc2occc12)c1ccc(Cl)s1. The number of nitrogens with zero attached hydrogens (tertiary/aromatic N) is 1. The van der Waals surface area contributed by atoms with Crippen molar-refractivity contribution in [3.63, 3.8) is 0 Å². The molecule has 0 amide bonds. The highest BCUT2D eigenvalue weighted by atomic mass is 35.5. The summed E-state index contributed by atoms with van der Waals surface area (Å²) in [7, 11) is 0. The summed E-state index contributed by atoms with van der Waals surface area (Å²) in [6.45, 7) is 2.09. The Hall–Kier alpha value is -1.52. The van der Waals surface area contributed by atoms with Crippen LogP contribution in [0.25, 0.3) is 11.0 Å². The summed E-state index contributed by atoms with van der Waals surface area (Å²) >= 11 is 7.52. The molecule has 0 saturated heterocycles. The Kier molecular flexibility index (Phi) is 2.97. The monoisotopic (exact) mass is 278 g/mol. The van der Waals surface area contributed by atoms with E-state index in [1.54, 1.807) is 23.8 Å². The van der Waals surface area contributed by atoms with Gasteiger partial charge in [-0.2, -0.15) is 0 Å². The van der Waals surface area contributed by atoms with Crippen LogP contribution in [0.4, 0.5) is 5.82 Å². The van der Waals surface area contributed by atoms with Gasteiger partial charge >= 0.3 is 0 Å². The van der Waals surface area contributed by atoms with Crippen molar-refractivity contribution in [2.75, 3.05) is 5.32 Å². The van der Waals surface area contributed by atoms with Gasteiger partial charge in [0.1, 0.15) is 11.4 Å². The summed E-state index contributed by atoms with van der Waals surface area (Å²) in [5.41, 5.74) is 0.837. The molecular formula is C13H11ClN2OS. The molecule has 0 aliphatic rings. The van der Waals surface area contributed by atoms with Gasteiger partial charge < -0.3 is 9.73 Å². The van der Waals surface area contributed by atoms with E-state index in [0.29, 0.717) is 0 Å². The molecule has 18 heavy (non-hydrogen) atoms. The number of pyridine rings is 1. The van der Waals surface area contributed by atoms with Gasteiger partial charge in [0.05, 0.1) is 22.0 Å². The molecule has 0 radical (unpaired) electrons. The Bertz CT molecular complexity index is 676. The topological polar surface area (TPSA) is 38.1 Å². The minimum atomic E-state index is 0.162. The van der Waals surface area contributed by atoms with E-state index >= 15 is 0 Å². The van der Waals surface area contributed by atoms with Crippen LogP contribution in [0.5, 0.6) is 0 Å². The fourth-order valence-electron chi connectivity index (χ4n) is 1.85. The molecule has 1 N–H and O–H groups in total. The van der Waals surface area contributed by atoms with Crippen molar-refractivity contribution < 1.29 is 4.42 Å². The van der Waals surface area contributed by atoms with Gasteiger partial charge in [-0.1, -0.05) is 11.6 Å². The maximum absolute atomic E-state index is 5.95. The van der Waals surface area contributed by atoms with E-state index < -0.39 is 0 Å². The summed E-state index contributed by atoms with van der Waals surface area (Å²) in [6.07, 6.45) is 3.41. The third-order valence-electron chi connectivity index (χ3n) is 2.75. The van der Waals surface area contributed by atoms with Crippen LogP contribution in [0.3, 0.4) is 0 Å². The zero-order valence-electron chi connectivity index (χ0n) is 9.68. The predicted octanol–water partition coefficient (Wildman–Crippen LogP) is 4.72. The molecule has 0 aliphatic carbocycles. The van der Waals surface area contributed by atoms with Gasteiger partial charge in [0, 0.05) is 11.1 Å². The molecule has 3 aromatic rings. The summed E-state index contributed by atoms with van der Waals surface area (Å²) < 4.78 is 6.15. The highest BCUT2D eigenvalue weighted by Crippen LogP contribution is 2.30. The lowest BCUT2D eigenvalue weighted by Gasteiger charge is -2.13. The number of hydrogen-bond donors (Lipinski definition) is 1. The second-order valence-electron chi connectivity index (χ2n) is 4.00. The molecular weight excluding hydrogens is 268 g/mol. The van der Waals surface area contributed by atoms with Crippen LogP contribution in [-0.2, 0) is 0 Å². The summed E-state index contributed by atoms with van der Waals surface area (Å²) in [5, 5.41) is 4.37. The number of aromatic nitrogens is 1. The number of rotatable bonds is 3. The normalized spacial score (nSPS) is 12.8. The Morgan fingerprint density at radius 1 is 1.33 bits per heavy atom. The van der Waals surface area contributed by atoms with Gasteiger partial charge in [-0.05, 0) is 31.2 Å². The van der Waals surface area contributed by atoms with Gasteiger partial charge in [-0.25, -0.2) is 4.98 Å². The van der Waals surface area contributed by atoms with E-state index in [1.165, 1.54) is 4.88 Å². The Morgan fingerprint density at radius 2 is 2.22 bits per heavy atom. The molecule has 3 rings (SSSR count). The molecule has 0 fully saturated rings. The van der Waals surface area contributed by atoms with E-state index in [-0.39, 0.29) is 6.04 Å². The maximum atomic E-state index is 5.95. The molecule has 1 atom stereocenters. The summed E-state index contributed by atoms with van der Waals surface area (Å²) in [5.74, 6) is 0.832. The van der Waals surface area contributed by atoms with Crippen molar-refractivity contribution in [3.8, 4) is 0 Å². The molecule has 0 spiro atoms. The van der Waals surface area contributed by atoms with Crippen molar-refractivity contribution in [2.45, 2.75) is 13.0 Å². The number of halogens is 1. The van der Waals surface area contributed by atoms with Crippen LogP contribution in [0, 0.1) is 0 Å². The van der Waals surface area contributed by atoms with E-state index in [4.69, 9.17) is 16.0 Å². The van der Waals surface area contributed by atoms with Crippen molar-refractivity contribution in [3.05, 3.63) is 45.9 Å². The molecule has 0 aromatic carbocycles. The van der Waals surface area contributed by atoms with Gasteiger partial charge in [0.2, 0.25) is 0 Å². The smallest absolute Gasteiger partial charge is 0.139 e. The molecule has 0 saturated carbocycles. The van der Waals surface area contributed by atoms with Crippen LogP contribution >= 0.6 is 22.9 Å². The fourth-order valence-corrected chi connectivity index (χ4v) is 2.91. The molecule has 3 heterocycles. The molecule has 1 unspecified atom stereocenters. The Labute approximate surface area is 113 Å². The minimum absolute atomic E-state index is 0.162. The number of fused-ring (bicyclic) bond motifs is 1. The number of thiophene rings is 1. The van der Waals surface area contributed by atoms with Gasteiger partial charge in [-0.3, -0.25) is 0 Å². The third-order valence-corrected chi connectivity index (χ3v) is 4.17. The van der Waals surface area contributed by atoms with Crippen molar-refractivity contribution in [1.29, 1.82) is 0 Å². The lowest BCUT2D eigenvalue weighted by atomic mass is 10.2. The van der Waals surface area contributed by atoms with Gasteiger partial charge in [0.15, 0.2) is 0 Å². The van der Waals surface area contributed by atoms with Crippen LogP contribution in [0.1, 0.15) is 17.8 Å². The number of anilines is 1. The van der Waals surface area contributed by atoms with E-state index in [9.17, 15) is 0 Å². The maximum Gasteiger partial charge on any atom is 0.139 e. The van der Waals surface area contributed by atoms with Gasteiger partial charge in [0.25, 0.3) is 0 Å². The quantitative estimate of drug-likeness (QED) is 0.753. The first-order chi connectivity index (χ1) is 8.74. The Morgan fingerprint density at radius 3 is 3.00 bits per heavy atom. The van der Waals surface area contributed by atoms with E-state index in [0.717, 1.165) is 21.1 Å². The molecule has 3 aromatic heterocycles. The summed E-state index contributed by atoms with van der Waals surface area (Å²) in [4.78, 5) is 5.53. The fraction of sp³-hybridized carbons (Fsp3) is 0.154. The lowest BCUT2D eigenvalue weighted by molar-refractivity contribution is 0.615. The van der Waals surface area contributed by atoms with E-state index in [1.807, 2.05) is 24.3 Å². The van der Waals surface area contributed by atoms with Crippen molar-refractivity contribution in [2.24, 2.45) is 0 Å². The average molecular weight is 279 g/mol. The second kappa shape index (κ2) is 4.63. The first-order valence-electron chi connectivity index (χ1n) is 5.58. The average Bonchev–Trinajstić information content (AvgIpc) is 2.97. The lowest BCUT2D eigenvalue weighted by Crippen LogP contribution is -2.06. The number of furan rings is 1. The van der Waals surface area contributed by atoms with Crippen LogP contribution in [-0.4, -0.2) is 4.98 Å². The van der Waals surface area contributed by atoms with E-state index in [2.05, 4.69) is 17.2 Å². The van der Waals surface area contributed by atoms with Crippen LogP contribution in [0.15, 0.2) is 41.1 Å². The molecule has 5 heteroatoms. The van der Waals surface area contributed by atoms with Crippen molar-refractivity contribution in [1.82, 2.24) is 4.98 Å². The molecule has 3 nitrogen and oxygen atoms in total. The third kappa shape index (κ3) is 2.09. The number of hydrogen-bond acceptors (Lipinski definition) is 4.